The minimum Gasteiger partial charge on any atom is -0.372 e. The van der Waals surface area contributed by atoms with Crippen molar-refractivity contribution in [1.29, 1.82) is 0 Å². The van der Waals surface area contributed by atoms with Gasteiger partial charge in [0, 0.05) is 67.4 Å². The van der Waals surface area contributed by atoms with Gasteiger partial charge in [-0.25, -0.2) is 0 Å². The van der Waals surface area contributed by atoms with E-state index in [4.69, 9.17) is 5.73 Å². The van der Waals surface area contributed by atoms with Crippen LogP contribution in [0.2, 0.25) is 0 Å². The molecule has 0 unspecified atom stereocenters. The number of pyridine rings is 1. The number of aryl methyl sites for hydroxylation is 1. The van der Waals surface area contributed by atoms with Gasteiger partial charge < -0.3 is 26.2 Å². The highest BCUT2D eigenvalue weighted by Gasteiger charge is 2.23. The molecule has 9 nitrogen and oxygen atoms in total. The number of piperidine rings is 1. The summed E-state index contributed by atoms with van der Waals surface area (Å²) in [7, 11) is 1.69. The minimum absolute atomic E-state index is 0.0425. The fraction of sp³-hybridized carbons (Fsp3) is 0.316. The Morgan fingerprint density at radius 1 is 0.872 bits per heavy atom. The molecule has 9 heteroatoms. The Bertz CT molecular complexity index is 1770. The van der Waals surface area contributed by atoms with Gasteiger partial charge in [-0.05, 0) is 98.2 Å². The van der Waals surface area contributed by atoms with Crippen molar-refractivity contribution in [3.8, 4) is 11.3 Å². The van der Waals surface area contributed by atoms with Crippen LogP contribution in [0.15, 0.2) is 85.1 Å². The van der Waals surface area contributed by atoms with Crippen molar-refractivity contribution in [3.63, 3.8) is 0 Å². The second-order valence-corrected chi connectivity index (χ2v) is 12.4. The highest BCUT2D eigenvalue weighted by molar-refractivity contribution is 6.08. The van der Waals surface area contributed by atoms with E-state index >= 15 is 0 Å². The minimum atomic E-state index is -0.349. The van der Waals surface area contributed by atoms with Gasteiger partial charge in [-0.1, -0.05) is 30.3 Å². The van der Waals surface area contributed by atoms with Crippen molar-refractivity contribution in [2.24, 2.45) is 5.73 Å². The van der Waals surface area contributed by atoms with Crippen LogP contribution >= 0.6 is 0 Å². The number of anilines is 2. The van der Waals surface area contributed by atoms with E-state index in [1.807, 2.05) is 30.3 Å². The van der Waals surface area contributed by atoms with Crippen molar-refractivity contribution in [1.82, 2.24) is 15.2 Å². The van der Waals surface area contributed by atoms with Gasteiger partial charge in [0.15, 0.2) is 0 Å². The van der Waals surface area contributed by atoms with Crippen LogP contribution < -0.4 is 21.3 Å². The second kappa shape index (κ2) is 14.6. The summed E-state index contributed by atoms with van der Waals surface area (Å²) in [6.07, 6.45) is 8.05. The Kier molecular flexibility index (Phi) is 9.92. The third-order valence-corrected chi connectivity index (χ3v) is 9.13. The molecule has 1 aliphatic carbocycles. The zero-order chi connectivity index (χ0) is 32.8. The summed E-state index contributed by atoms with van der Waals surface area (Å²) in [4.78, 5) is 48.6. The monoisotopic (exact) mass is 630 g/mol. The molecule has 4 N–H and O–H groups in total. The third kappa shape index (κ3) is 7.36. The maximum absolute atomic E-state index is 13.6. The van der Waals surface area contributed by atoms with Gasteiger partial charge in [0.05, 0.1) is 17.4 Å². The Labute approximate surface area is 276 Å². The van der Waals surface area contributed by atoms with E-state index in [2.05, 4.69) is 32.7 Å². The number of nitrogens with zero attached hydrogens (tertiary/aromatic N) is 3. The van der Waals surface area contributed by atoms with E-state index in [1.54, 1.807) is 49.6 Å². The second-order valence-electron chi connectivity index (χ2n) is 12.4. The number of rotatable bonds is 9. The number of benzene rings is 3. The maximum atomic E-state index is 13.6. The average molecular weight is 631 g/mol. The summed E-state index contributed by atoms with van der Waals surface area (Å²) in [5, 5.41) is 6.31. The van der Waals surface area contributed by atoms with Crippen molar-refractivity contribution >= 4 is 29.1 Å². The number of hydrogen-bond acceptors (Lipinski definition) is 6. The molecule has 2 heterocycles. The topological polar surface area (TPSA) is 121 Å². The molecule has 4 aromatic rings. The molecule has 1 aromatic heterocycles. The van der Waals surface area contributed by atoms with Crippen molar-refractivity contribution in [2.45, 2.75) is 44.6 Å². The first-order valence-corrected chi connectivity index (χ1v) is 16.5. The van der Waals surface area contributed by atoms with Crippen LogP contribution in [0.5, 0.6) is 0 Å². The predicted octanol–water partition coefficient (Wildman–Crippen LogP) is 5.83. The lowest BCUT2D eigenvalue weighted by molar-refractivity contribution is 0.0798. The van der Waals surface area contributed by atoms with Crippen molar-refractivity contribution < 1.29 is 14.4 Å². The normalized spacial score (nSPS) is 15.8. The molecule has 0 saturated carbocycles. The van der Waals surface area contributed by atoms with E-state index in [0.717, 1.165) is 50.9 Å². The van der Waals surface area contributed by atoms with E-state index in [-0.39, 0.29) is 23.8 Å². The predicted molar refractivity (Wildman–Crippen MR) is 186 cm³/mol. The Morgan fingerprint density at radius 2 is 1.66 bits per heavy atom. The van der Waals surface area contributed by atoms with E-state index in [0.29, 0.717) is 46.7 Å². The highest BCUT2D eigenvalue weighted by Crippen LogP contribution is 2.34. The molecule has 2 aliphatic rings. The van der Waals surface area contributed by atoms with Gasteiger partial charge in [-0.2, -0.15) is 0 Å². The molecular formula is C38H42N6O3. The quantitative estimate of drug-likeness (QED) is 0.214. The van der Waals surface area contributed by atoms with Crippen LogP contribution in [0.4, 0.5) is 11.4 Å². The van der Waals surface area contributed by atoms with Gasteiger partial charge >= 0.3 is 0 Å². The summed E-state index contributed by atoms with van der Waals surface area (Å²) in [5.74, 6) is -0.708. The number of fused-ring (bicyclic) bond motifs is 1. The first-order chi connectivity index (χ1) is 22.9. The standard InChI is InChI=1S/C38H42N6O3/c1-43(22-18-39)38(47)29-12-7-11-27(23-29)36(45)42-34-16-15-30(44-20-5-2-6-21-44)25-32(34)35-24-28(17-19-40-35)37(46)41-33-14-8-10-26-9-3-4-13-31(26)33/h3-4,7,9,11-13,15-17,19,23-25,33H,2,5-6,8,10,14,18,20-22,39H2,1H3,(H,41,46)(H,42,45)/t33-/m0/s1. The van der Waals surface area contributed by atoms with Gasteiger partial charge in [-0.15, -0.1) is 0 Å². The van der Waals surface area contributed by atoms with Crippen LogP contribution in [0, 0.1) is 0 Å². The summed E-state index contributed by atoms with van der Waals surface area (Å²) in [5.41, 5.74) is 12.3. The third-order valence-electron chi connectivity index (χ3n) is 9.13. The van der Waals surface area contributed by atoms with E-state index in [1.165, 1.54) is 22.4 Å². The molecule has 1 atom stereocenters. The number of carbonyl (C=O) groups is 3. The number of aromatic nitrogens is 1. The molecule has 1 saturated heterocycles. The lowest BCUT2D eigenvalue weighted by atomic mass is 9.87. The van der Waals surface area contributed by atoms with Crippen LogP contribution in [0.3, 0.4) is 0 Å². The molecule has 3 amide bonds. The van der Waals surface area contributed by atoms with E-state index < -0.39 is 0 Å². The Balaban J connectivity index is 1.29. The first kappa shape index (κ1) is 31.9. The summed E-state index contributed by atoms with van der Waals surface area (Å²) in [6, 6.07) is 24.4. The number of nitrogens with two attached hydrogens (primary N) is 1. The zero-order valence-electron chi connectivity index (χ0n) is 26.9. The highest BCUT2D eigenvalue weighted by atomic mass is 16.2. The molecule has 0 spiro atoms. The summed E-state index contributed by atoms with van der Waals surface area (Å²) in [6.45, 7) is 2.69. The van der Waals surface area contributed by atoms with Crippen LogP contribution in [-0.4, -0.2) is 60.8 Å². The molecule has 0 radical (unpaired) electrons. The van der Waals surface area contributed by atoms with Crippen LogP contribution in [0.25, 0.3) is 11.3 Å². The van der Waals surface area contributed by atoms with Crippen molar-refractivity contribution in [3.05, 3.63) is 113 Å². The summed E-state index contributed by atoms with van der Waals surface area (Å²) >= 11 is 0. The lowest BCUT2D eigenvalue weighted by Gasteiger charge is -2.29. The number of amides is 3. The van der Waals surface area contributed by atoms with Crippen LogP contribution in [-0.2, 0) is 6.42 Å². The van der Waals surface area contributed by atoms with Gasteiger partial charge in [0.25, 0.3) is 17.7 Å². The fourth-order valence-corrected chi connectivity index (χ4v) is 6.57. The molecule has 0 bridgehead atoms. The van der Waals surface area contributed by atoms with Crippen LogP contribution in [0.1, 0.15) is 80.3 Å². The van der Waals surface area contributed by atoms with E-state index in [9.17, 15) is 14.4 Å². The number of nitrogens with one attached hydrogen (secondary N) is 2. The van der Waals surface area contributed by atoms with Gasteiger partial charge in [0.1, 0.15) is 0 Å². The SMILES string of the molecule is CN(CCN)C(=O)c1cccc(C(=O)Nc2ccc(N3CCCCC3)cc2-c2cc(C(=O)N[C@H]3CCCc4ccccc43)ccn2)c1. The zero-order valence-corrected chi connectivity index (χ0v) is 26.9. The van der Waals surface area contributed by atoms with Gasteiger partial charge in [0.2, 0.25) is 0 Å². The molecule has 1 aliphatic heterocycles. The lowest BCUT2D eigenvalue weighted by Crippen LogP contribution is -2.31. The number of carbonyl (C=O) groups excluding carboxylic acids is 3. The molecule has 6 rings (SSSR count). The van der Waals surface area contributed by atoms with Gasteiger partial charge in [-0.3, -0.25) is 19.4 Å². The summed E-state index contributed by atoms with van der Waals surface area (Å²) < 4.78 is 0. The Hall–Kier alpha value is -5.02. The van der Waals surface area contributed by atoms with Crippen molar-refractivity contribution in [2.75, 3.05) is 43.4 Å². The average Bonchev–Trinajstić information content (AvgIpc) is 3.12. The molecule has 242 valence electrons. The molecule has 47 heavy (non-hydrogen) atoms. The molecular weight excluding hydrogens is 588 g/mol. The molecule has 1 fully saturated rings. The first-order valence-electron chi connectivity index (χ1n) is 16.5. The number of hydrogen-bond donors (Lipinski definition) is 3. The smallest absolute Gasteiger partial charge is 0.255 e. The fourth-order valence-electron chi connectivity index (χ4n) is 6.57. The largest absolute Gasteiger partial charge is 0.372 e. The Morgan fingerprint density at radius 3 is 2.49 bits per heavy atom. The molecule has 3 aromatic carbocycles. The number of likely N-dealkylation sites (N-methyl/N-ethyl adjacent to an activating group) is 1. The maximum Gasteiger partial charge on any atom is 0.255 e.